The SMILES string of the molecule is COc1ccc(OCC(=O)Nc2cccc(Nc3nc(C)cc(C)n3)c2)c(C(C)(C)C)c1. The summed E-state index contributed by atoms with van der Waals surface area (Å²) in [6, 6.07) is 14.9. The quantitative estimate of drug-likeness (QED) is 0.534. The van der Waals surface area contributed by atoms with E-state index in [0.29, 0.717) is 17.4 Å². The van der Waals surface area contributed by atoms with E-state index in [9.17, 15) is 4.79 Å². The number of nitrogens with zero attached hydrogens (tertiary/aromatic N) is 2. The van der Waals surface area contributed by atoms with Crippen LogP contribution in [0.25, 0.3) is 0 Å². The molecule has 3 rings (SSSR count). The molecule has 168 valence electrons. The molecule has 0 aliphatic heterocycles. The van der Waals surface area contributed by atoms with Crippen LogP contribution in [0, 0.1) is 13.8 Å². The summed E-state index contributed by atoms with van der Waals surface area (Å²) in [5.74, 6) is 1.68. The molecule has 0 spiro atoms. The van der Waals surface area contributed by atoms with Crippen molar-refractivity contribution in [3.8, 4) is 11.5 Å². The van der Waals surface area contributed by atoms with Crippen LogP contribution in [-0.4, -0.2) is 29.6 Å². The van der Waals surface area contributed by atoms with Gasteiger partial charge in [0, 0.05) is 28.3 Å². The van der Waals surface area contributed by atoms with Crippen molar-refractivity contribution in [1.82, 2.24) is 9.97 Å². The third-order valence-corrected chi connectivity index (χ3v) is 4.74. The van der Waals surface area contributed by atoms with Crippen LogP contribution in [0.15, 0.2) is 48.5 Å². The average molecular weight is 435 g/mol. The minimum absolute atomic E-state index is 0.104. The van der Waals surface area contributed by atoms with E-state index in [1.807, 2.05) is 62.4 Å². The maximum absolute atomic E-state index is 12.5. The maximum Gasteiger partial charge on any atom is 0.262 e. The number of rotatable bonds is 7. The van der Waals surface area contributed by atoms with Crippen molar-refractivity contribution in [1.29, 1.82) is 0 Å². The molecule has 1 aromatic heterocycles. The fourth-order valence-electron chi connectivity index (χ4n) is 3.27. The number of aryl methyl sites for hydroxylation is 2. The van der Waals surface area contributed by atoms with Crippen LogP contribution in [0.3, 0.4) is 0 Å². The van der Waals surface area contributed by atoms with Crippen molar-refractivity contribution in [2.75, 3.05) is 24.4 Å². The smallest absolute Gasteiger partial charge is 0.262 e. The number of aromatic nitrogens is 2. The van der Waals surface area contributed by atoms with Gasteiger partial charge in [0.1, 0.15) is 11.5 Å². The molecule has 0 aliphatic carbocycles. The van der Waals surface area contributed by atoms with Gasteiger partial charge in [-0.05, 0) is 61.7 Å². The lowest BCUT2D eigenvalue weighted by Gasteiger charge is -2.23. The van der Waals surface area contributed by atoms with Gasteiger partial charge in [-0.1, -0.05) is 26.8 Å². The molecule has 0 atom stereocenters. The highest BCUT2D eigenvalue weighted by Crippen LogP contribution is 2.34. The topological polar surface area (TPSA) is 85.4 Å². The van der Waals surface area contributed by atoms with E-state index >= 15 is 0 Å². The second kappa shape index (κ2) is 9.68. The summed E-state index contributed by atoms with van der Waals surface area (Å²) in [7, 11) is 1.63. The Balaban J connectivity index is 1.65. The van der Waals surface area contributed by atoms with Crippen molar-refractivity contribution < 1.29 is 14.3 Å². The molecule has 2 aromatic carbocycles. The fraction of sp³-hybridized carbons (Fsp3) is 0.320. The zero-order valence-corrected chi connectivity index (χ0v) is 19.4. The minimum atomic E-state index is -0.250. The Morgan fingerprint density at radius 2 is 1.66 bits per heavy atom. The number of hydrogen-bond acceptors (Lipinski definition) is 6. The first kappa shape index (κ1) is 23.1. The van der Waals surface area contributed by atoms with Crippen molar-refractivity contribution in [2.45, 2.75) is 40.0 Å². The zero-order chi connectivity index (χ0) is 23.3. The molecule has 3 aromatic rings. The Morgan fingerprint density at radius 3 is 2.31 bits per heavy atom. The molecule has 7 nitrogen and oxygen atoms in total. The van der Waals surface area contributed by atoms with E-state index in [2.05, 4.69) is 41.4 Å². The number of amides is 1. The number of nitrogens with one attached hydrogen (secondary N) is 2. The van der Waals surface area contributed by atoms with Crippen LogP contribution in [0.5, 0.6) is 11.5 Å². The van der Waals surface area contributed by atoms with E-state index in [4.69, 9.17) is 9.47 Å². The van der Waals surface area contributed by atoms with Gasteiger partial charge in [-0.25, -0.2) is 9.97 Å². The van der Waals surface area contributed by atoms with Gasteiger partial charge in [0.15, 0.2) is 6.61 Å². The molecule has 1 heterocycles. The highest BCUT2D eigenvalue weighted by Gasteiger charge is 2.20. The summed E-state index contributed by atoms with van der Waals surface area (Å²) in [6.45, 7) is 10.0. The minimum Gasteiger partial charge on any atom is -0.497 e. The molecule has 0 unspecified atom stereocenters. The van der Waals surface area contributed by atoms with E-state index in [1.165, 1.54) is 0 Å². The van der Waals surface area contributed by atoms with Gasteiger partial charge in [-0.15, -0.1) is 0 Å². The van der Waals surface area contributed by atoms with Gasteiger partial charge >= 0.3 is 0 Å². The van der Waals surface area contributed by atoms with E-state index < -0.39 is 0 Å². The molecule has 0 radical (unpaired) electrons. The Hall–Kier alpha value is -3.61. The van der Waals surface area contributed by atoms with Gasteiger partial charge in [0.2, 0.25) is 5.95 Å². The van der Waals surface area contributed by atoms with Crippen molar-refractivity contribution in [3.05, 3.63) is 65.5 Å². The summed E-state index contributed by atoms with van der Waals surface area (Å²) in [5, 5.41) is 6.05. The number of ether oxygens (including phenoxy) is 2. The molecule has 2 N–H and O–H groups in total. The molecule has 0 aliphatic rings. The number of carbonyl (C=O) groups is 1. The van der Waals surface area contributed by atoms with Crippen LogP contribution in [-0.2, 0) is 10.2 Å². The third kappa shape index (κ3) is 6.20. The van der Waals surface area contributed by atoms with E-state index in [-0.39, 0.29) is 17.9 Å². The van der Waals surface area contributed by atoms with Crippen LogP contribution in [0.2, 0.25) is 0 Å². The largest absolute Gasteiger partial charge is 0.497 e. The molecule has 7 heteroatoms. The van der Waals surface area contributed by atoms with Crippen LogP contribution in [0.1, 0.15) is 37.7 Å². The first-order chi connectivity index (χ1) is 15.1. The van der Waals surface area contributed by atoms with Gasteiger partial charge in [-0.3, -0.25) is 4.79 Å². The predicted molar refractivity (Wildman–Crippen MR) is 127 cm³/mol. The summed E-state index contributed by atoms with van der Waals surface area (Å²) >= 11 is 0. The Kier molecular flexibility index (Phi) is 6.98. The van der Waals surface area contributed by atoms with Gasteiger partial charge in [0.05, 0.1) is 7.11 Å². The second-order valence-electron chi connectivity index (χ2n) is 8.63. The summed E-state index contributed by atoms with van der Waals surface area (Å²) in [4.78, 5) is 21.3. The van der Waals surface area contributed by atoms with E-state index in [0.717, 1.165) is 28.4 Å². The first-order valence-electron chi connectivity index (χ1n) is 10.4. The summed E-state index contributed by atoms with van der Waals surface area (Å²) in [5.41, 5.74) is 4.02. The van der Waals surface area contributed by atoms with Gasteiger partial charge in [-0.2, -0.15) is 0 Å². The van der Waals surface area contributed by atoms with Gasteiger partial charge in [0.25, 0.3) is 5.91 Å². The molecule has 1 amide bonds. The van der Waals surface area contributed by atoms with Crippen molar-refractivity contribution >= 4 is 23.2 Å². The van der Waals surface area contributed by atoms with Crippen molar-refractivity contribution in [3.63, 3.8) is 0 Å². The van der Waals surface area contributed by atoms with Crippen LogP contribution in [0.4, 0.5) is 17.3 Å². The number of methoxy groups -OCH3 is 1. The standard InChI is InChI=1S/C25H30N4O3/c1-16-12-17(2)27-24(26-16)29-19-9-7-8-18(13-19)28-23(30)15-32-22-11-10-20(31-6)14-21(22)25(3,4)5/h7-14H,15H2,1-6H3,(H,28,30)(H,26,27,29). The fourth-order valence-corrected chi connectivity index (χ4v) is 3.27. The highest BCUT2D eigenvalue weighted by atomic mass is 16.5. The summed E-state index contributed by atoms with van der Waals surface area (Å²) in [6.07, 6.45) is 0. The third-order valence-electron chi connectivity index (χ3n) is 4.74. The summed E-state index contributed by atoms with van der Waals surface area (Å²) < 4.78 is 11.2. The average Bonchev–Trinajstić information content (AvgIpc) is 2.71. The molecule has 0 fully saturated rings. The molecule has 0 saturated carbocycles. The molecular formula is C25H30N4O3. The Morgan fingerprint density at radius 1 is 0.969 bits per heavy atom. The van der Waals surface area contributed by atoms with Crippen molar-refractivity contribution in [2.24, 2.45) is 0 Å². The number of hydrogen-bond donors (Lipinski definition) is 2. The molecule has 32 heavy (non-hydrogen) atoms. The monoisotopic (exact) mass is 434 g/mol. The lowest BCUT2D eigenvalue weighted by Crippen LogP contribution is -2.22. The number of anilines is 3. The molecule has 0 bridgehead atoms. The second-order valence-corrected chi connectivity index (χ2v) is 8.63. The van der Waals surface area contributed by atoms with E-state index in [1.54, 1.807) is 7.11 Å². The molecular weight excluding hydrogens is 404 g/mol. The van der Waals surface area contributed by atoms with Gasteiger partial charge < -0.3 is 20.1 Å². The first-order valence-corrected chi connectivity index (χ1v) is 10.4. The lowest BCUT2D eigenvalue weighted by atomic mass is 9.86. The highest BCUT2D eigenvalue weighted by molar-refractivity contribution is 5.92. The Labute approximate surface area is 189 Å². The maximum atomic E-state index is 12.5. The van der Waals surface area contributed by atoms with Crippen LogP contribution < -0.4 is 20.1 Å². The molecule has 0 saturated heterocycles. The number of benzene rings is 2. The normalized spacial score (nSPS) is 11.1. The number of carbonyl (C=O) groups excluding carboxylic acids is 1. The van der Waals surface area contributed by atoms with Crippen LogP contribution >= 0.6 is 0 Å². The Bertz CT molecular complexity index is 1090. The zero-order valence-electron chi connectivity index (χ0n) is 19.4. The predicted octanol–water partition coefficient (Wildman–Crippen LogP) is 5.16. The lowest BCUT2D eigenvalue weighted by molar-refractivity contribution is -0.118.